The second-order valence-corrected chi connectivity index (χ2v) is 13.6. The number of nitrogens with zero attached hydrogens (tertiary/aromatic N) is 3. The quantitative estimate of drug-likeness (QED) is 0.180. The maximum absolute atomic E-state index is 6.70. The van der Waals surface area contributed by atoms with Crippen molar-refractivity contribution >= 4 is 54.6 Å². The highest BCUT2D eigenvalue weighted by Crippen LogP contribution is 2.43. The van der Waals surface area contributed by atoms with Gasteiger partial charge in [-0.25, -0.2) is 15.0 Å². The molecule has 11 aromatic rings. The van der Waals surface area contributed by atoms with Crippen molar-refractivity contribution in [1.82, 2.24) is 15.0 Å². The number of benzene rings is 8. The fraction of sp³-hybridized carbons (Fsp3) is 0. The Bertz CT molecular complexity index is 3210. The first kappa shape index (κ1) is 30.3. The van der Waals surface area contributed by atoms with Gasteiger partial charge in [-0.15, -0.1) is 0 Å². The molecule has 0 saturated carbocycles. The molecular formula is C49H29N3O2. The van der Waals surface area contributed by atoms with Crippen LogP contribution in [0.2, 0.25) is 0 Å². The minimum Gasteiger partial charge on any atom is -0.456 e. The van der Waals surface area contributed by atoms with Gasteiger partial charge in [0.2, 0.25) is 0 Å². The first-order valence-corrected chi connectivity index (χ1v) is 18.0. The first-order chi connectivity index (χ1) is 26.7. The van der Waals surface area contributed by atoms with Crippen LogP contribution in [0.1, 0.15) is 0 Å². The molecular weight excluding hydrogens is 663 g/mol. The van der Waals surface area contributed by atoms with Gasteiger partial charge >= 0.3 is 0 Å². The molecule has 0 amide bonds. The Balaban J connectivity index is 1.12. The lowest BCUT2D eigenvalue weighted by atomic mass is 9.97. The molecule has 5 heteroatoms. The molecule has 0 saturated heterocycles. The number of para-hydroxylation sites is 2. The van der Waals surface area contributed by atoms with Crippen LogP contribution in [0.15, 0.2) is 185 Å². The van der Waals surface area contributed by atoms with Gasteiger partial charge in [0.05, 0.1) is 0 Å². The van der Waals surface area contributed by atoms with Crippen LogP contribution >= 0.6 is 0 Å². The third kappa shape index (κ3) is 4.98. The van der Waals surface area contributed by atoms with Gasteiger partial charge < -0.3 is 8.83 Å². The predicted molar refractivity (Wildman–Crippen MR) is 219 cm³/mol. The minimum absolute atomic E-state index is 0.575. The smallest absolute Gasteiger partial charge is 0.164 e. The van der Waals surface area contributed by atoms with E-state index in [9.17, 15) is 0 Å². The number of hydrogen-bond acceptors (Lipinski definition) is 5. The lowest BCUT2D eigenvalue weighted by Gasteiger charge is -2.11. The van der Waals surface area contributed by atoms with Crippen molar-refractivity contribution in [3.8, 4) is 56.4 Å². The van der Waals surface area contributed by atoms with Crippen LogP contribution in [-0.4, -0.2) is 15.0 Å². The summed E-state index contributed by atoms with van der Waals surface area (Å²) in [5.41, 5.74) is 10.2. The van der Waals surface area contributed by atoms with Crippen LogP contribution in [0, 0.1) is 0 Å². The molecule has 11 rings (SSSR count). The Hall–Kier alpha value is -7.37. The Morgan fingerprint density at radius 1 is 0.315 bits per heavy atom. The topological polar surface area (TPSA) is 65.0 Å². The van der Waals surface area contributed by atoms with Crippen molar-refractivity contribution in [1.29, 1.82) is 0 Å². The molecule has 0 atom stereocenters. The highest BCUT2D eigenvalue weighted by Gasteiger charge is 2.21. The van der Waals surface area contributed by atoms with Crippen molar-refractivity contribution in [2.24, 2.45) is 0 Å². The molecule has 3 heterocycles. The molecule has 0 aliphatic heterocycles. The van der Waals surface area contributed by atoms with Gasteiger partial charge in [-0.05, 0) is 69.9 Å². The van der Waals surface area contributed by atoms with E-state index in [0.717, 1.165) is 93.6 Å². The molecule has 252 valence electrons. The Labute approximate surface area is 309 Å². The zero-order valence-electron chi connectivity index (χ0n) is 28.9. The third-order valence-electron chi connectivity index (χ3n) is 10.4. The summed E-state index contributed by atoms with van der Waals surface area (Å²) in [6.45, 7) is 0. The average Bonchev–Trinajstić information content (AvgIpc) is 3.82. The van der Waals surface area contributed by atoms with Crippen LogP contribution in [0.4, 0.5) is 0 Å². The lowest BCUT2D eigenvalue weighted by molar-refractivity contribution is 0.668. The maximum Gasteiger partial charge on any atom is 0.164 e. The van der Waals surface area contributed by atoms with E-state index in [-0.39, 0.29) is 0 Å². The van der Waals surface area contributed by atoms with Crippen LogP contribution in [-0.2, 0) is 0 Å². The van der Waals surface area contributed by atoms with Gasteiger partial charge in [0.15, 0.2) is 17.5 Å². The van der Waals surface area contributed by atoms with Gasteiger partial charge in [-0.3, -0.25) is 0 Å². The van der Waals surface area contributed by atoms with Crippen LogP contribution in [0.3, 0.4) is 0 Å². The van der Waals surface area contributed by atoms with Crippen LogP contribution in [0.25, 0.3) is 111 Å². The monoisotopic (exact) mass is 691 g/mol. The molecule has 0 aliphatic rings. The summed E-state index contributed by atoms with van der Waals surface area (Å²) in [7, 11) is 0. The van der Waals surface area contributed by atoms with E-state index >= 15 is 0 Å². The number of fused-ring (bicyclic) bond motifs is 7. The van der Waals surface area contributed by atoms with Crippen molar-refractivity contribution in [2.75, 3.05) is 0 Å². The van der Waals surface area contributed by atoms with E-state index in [1.807, 2.05) is 42.5 Å². The molecule has 0 fully saturated rings. The maximum atomic E-state index is 6.70. The molecule has 0 spiro atoms. The molecule has 5 nitrogen and oxygen atoms in total. The zero-order valence-corrected chi connectivity index (χ0v) is 28.9. The Kier molecular flexibility index (Phi) is 6.79. The second-order valence-electron chi connectivity index (χ2n) is 13.6. The largest absolute Gasteiger partial charge is 0.456 e. The highest BCUT2D eigenvalue weighted by atomic mass is 16.3. The number of aromatic nitrogens is 3. The number of rotatable bonds is 5. The zero-order chi connectivity index (χ0) is 35.6. The molecule has 0 unspecified atom stereocenters. The Morgan fingerprint density at radius 3 is 1.72 bits per heavy atom. The predicted octanol–water partition coefficient (Wildman–Crippen LogP) is 13.2. The molecule has 3 aromatic heterocycles. The molecule has 0 radical (unpaired) electrons. The van der Waals surface area contributed by atoms with E-state index in [4.69, 9.17) is 23.8 Å². The summed E-state index contributed by atoms with van der Waals surface area (Å²) in [5, 5.41) is 6.42. The van der Waals surface area contributed by atoms with Crippen molar-refractivity contribution in [3.63, 3.8) is 0 Å². The summed E-state index contributed by atoms with van der Waals surface area (Å²) in [5.74, 6) is 1.78. The molecule has 0 N–H and O–H groups in total. The van der Waals surface area contributed by atoms with E-state index in [1.54, 1.807) is 0 Å². The number of furan rings is 2. The Morgan fingerprint density at radius 2 is 0.889 bits per heavy atom. The molecule has 0 bridgehead atoms. The highest BCUT2D eigenvalue weighted by molar-refractivity contribution is 6.16. The fourth-order valence-electron chi connectivity index (χ4n) is 7.66. The molecule has 0 aliphatic carbocycles. The van der Waals surface area contributed by atoms with Gasteiger partial charge in [0.25, 0.3) is 0 Å². The van der Waals surface area contributed by atoms with E-state index in [2.05, 4.69) is 133 Å². The lowest BCUT2D eigenvalue weighted by Crippen LogP contribution is -2.00. The second kappa shape index (κ2) is 12.1. The fourth-order valence-corrected chi connectivity index (χ4v) is 7.66. The first-order valence-electron chi connectivity index (χ1n) is 18.0. The summed E-state index contributed by atoms with van der Waals surface area (Å²) in [4.78, 5) is 15.5. The minimum atomic E-state index is 0.575. The van der Waals surface area contributed by atoms with Gasteiger partial charge in [-0.2, -0.15) is 0 Å². The summed E-state index contributed by atoms with van der Waals surface area (Å²) >= 11 is 0. The van der Waals surface area contributed by atoms with Gasteiger partial charge in [0.1, 0.15) is 22.3 Å². The van der Waals surface area contributed by atoms with Gasteiger partial charge in [-0.1, -0.05) is 133 Å². The standard InChI is InChI=1S/C49H29N3O2/c1-2-10-30(11-3-1)32-18-21-33(22-19-32)47-50-48(36-23-20-31-12-4-5-13-34(31)28-36)52-49(51-47)41-27-26-37(46-45(41)40-15-7-9-17-43(40)54-46)35-24-25-39-38-14-6-8-16-42(38)53-44(39)29-35/h1-29H. The summed E-state index contributed by atoms with van der Waals surface area (Å²) < 4.78 is 13.0. The van der Waals surface area contributed by atoms with E-state index in [0.29, 0.717) is 17.5 Å². The van der Waals surface area contributed by atoms with E-state index < -0.39 is 0 Å². The van der Waals surface area contributed by atoms with Crippen molar-refractivity contribution in [3.05, 3.63) is 176 Å². The van der Waals surface area contributed by atoms with E-state index in [1.165, 1.54) is 0 Å². The molecule has 8 aromatic carbocycles. The SMILES string of the molecule is c1ccc(-c2ccc(-c3nc(-c4ccc5ccccc5c4)nc(-c4ccc(-c5ccc6c(c5)oc5ccccc56)c5oc6ccccc6c45)n3)cc2)cc1. The summed E-state index contributed by atoms with van der Waals surface area (Å²) in [6.07, 6.45) is 0. The normalized spacial score (nSPS) is 11.7. The van der Waals surface area contributed by atoms with Crippen LogP contribution in [0.5, 0.6) is 0 Å². The van der Waals surface area contributed by atoms with Gasteiger partial charge in [0, 0.05) is 43.8 Å². The third-order valence-corrected chi connectivity index (χ3v) is 10.4. The summed E-state index contributed by atoms with van der Waals surface area (Å²) in [6, 6.07) is 60.4. The van der Waals surface area contributed by atoms with Crippen LogP contribution < -0.4 is 0 Å². The van der Waals surface area contributed by atoms with Crippen molar-refractivity contribution in [2.45, 2.75) is 0 Å². The van der Waals surface area contributed by atoms with Crippen molar-refractivity contribution < 1.29 is 8.83 Å². The average molecular weight is 692 g/mol. The molecule has 54 heavy (non-hydrogen) atoms. The number of hydrogen-bond donors (Lipinski definition) is 0.